The zero-order valence-electron chi connectivity index (χ0n) is 10.3. The van der Waals surface area contributed by atoms with Crippen molar-refractivity contribution in [3.05, 3.63) is 0 Å². The molecule has 1 nitrogen and oxygen atoms in total. The van der Waals surface area contributed by atoms with E-state index in [2.05, 4.69) is 4.74 Å². The largest absolute Gasteiger partial charge is 0.422 e. The summed E-state index contributed by atoms with van der Waals surface area (Å²) in [5, 5.41) is 0. The first-order chi connectivity index (χ1) is 9.37. The average Bonchev–Trinajstić information content (AvgIpc) is 2.33. The second kappa shape index (κ2) is 8.04. The summed E-state index contributed by atoms with van der Waals surface area (Å²) < 4.78 is 125. The van der Waals surface area contributed by atoms with Crippen LogP contribution in [0.3, 0.4) is 0 Å². The molecule has 4 atom stereocenters. The third kappa shape index (κ3) is 7.72. The summed E-state index contributed by atoms with van der Waals surface area (Å²) in [6.45, 7) is -1.54. The zero-order valence-corrected chi connectivity index (χ0v) is 10.3. The Labute approximate surface area is 113 Å². The summed E-state index contributed by atoms with van der Waals surface area (Å²) in [7, 11) is 0. The van der Waals surface area contributed by atoms with Gasteiger partial charge in [-0.1, -0.05) is 0 Å². The van der Waals surface area contributed by atoms with Crippen LogP contribution in [0.25, 0.3) is 0 Å². The van der Waals surface area contributed by atoms with E-state index >= 15 is 0 Å². The van der Waals surface area contributed by atoms with Crippen molar-refractivity contribution in [2.75, 3.05) is 13.2 Å². The third-order valence-electron chi connectivity index (χ3n) is 2.34. The maximum Gasteiger partial charge on any atom is 0.422 e. The molecule has 0 aliphatic carbocycles. The maximum atomic E-state index is 12.7. The molecule has 0 aliphatic heterocycles. The van der Waals surface area contributed by atoms with E-state index in [-0.39, 0.29) is 0 Å². The van der Waals surface area contributed by atoms with E-state index in [1.807, 2.05) is 0 Å². The number of ether oxygens (including phenoxy) is 1. The highest BCUT2D eigenvalue weighted by Gasteiger charge is 2.46. The fraction of sp³-hybridized carbons (Fsp3) is 1.00. The summed E-state index contributed by atoms with van der Waals surface area (Å²) in [5.74, 6) is 0. The van der Waals surface area contributed by atoms with Crippen molar-refractivity contribution >= 4 is 0 Å². The molecule has 0 N–H and O–H groups in total. The smallest absolute Gasteiger partial charge is 0.381 e. The van der Waals surface area contributed by atoms with Crippen LogP contribution < -0.4 is 0 Å². The fourth-order valence-corrected chi connectivity index (χ4v) is 1.20. The Morgan fingerprint density at radius 1 is 0.619 bits per heavy atom. The summed E-state index contributed by atoms with van der Waals surface area (Å²) in [6.07, 6.45) is -26.0. The first-order valence-electron chi connectivity index (χ1n) is 5.64. The second-order valence-electron chi connectivity index (χ2n) is 4.11. The Morgan fingerprint density at radius 2 is 0.905 bits per heavy atom. The summed E-state index contributed by atoms with van der Waals surface area (Å²) in [4.78, 5) is 0. The van der Waals surface area contributed by atoms with Crippen LogP contribution in [-0.4, -0.2) is 50.3 Å². The summed E-state index contributed by atoms with van der Waals surface area (Å²) in [5.41, 5.74) is 0. The van der Waals surface area contributed by atoms with Gasteiger partial charge in [-0.05, 0) is 0 Å². The van der Waals surface area contributed by atoms with E-state index in [4.69, 9.17) is 0 Å². The quantitative estimate of drug-likeness (QED) is 0.475. The Bertz CT molecular complexity index is 261. The van der Waals surface area contributed by atoms with Crippen LogP contribution in [0.1, 0.15) is 12.8 Å². The average molecular weight is 338 g/mol. The van der Waals surface area contributed by atoms with Crippen molar-refractivity contribution in [3.8, 4) is 0 Å². The van der Waals surface area contributed by atoms with Crippen LogP contribution >= 0.6 is 0 Å². The van der Waals surface area contributed by atoms with Crippen LogP contribution in [0.15, 0.2) is 0 Å². The molecule has 21 heavy (non-hydrogen) atoms. The Hall–Kier alpha value is -0.740. The van der Waals surface area contributed by atoms with E-state index in [0.29, 0.717) is 0 Å². The molecule has 0 aromatic rings. The normalized spacial score (nSPS) is 19.1. The first kappa shape index (κ1) is 20.3. The monoisotopic (exact) mass is 338 g/mol. The van der Waals surface area contributed by atoms with Crippen LogP contribution in [0.5, 0.6) is 0 Å². The van der Waals surface area contributed by atoms with Crippen LogP contribution in [0, 0.1) is 0 Å². The molecule has 0 bridgehead atoms. The molecule has 4 unspecified atom stereocenters. The minimum atomic E-state index is -5.38. The van der Waals surface area contributed by atoms with Gasteiger partial charge in [0.1, 0.15) is 12.3 Å². The van der Waals surface area contributed by atoms with Gasteiger partial charge in [0.15, 0.2) is 0 Å². The van der Waals surface area contributed by atoms with Crippen LogP contribution in [-0.2, 0) is 4.74 Å². The predicted octanol–water partition coefficient (Wildman–Crippen LogP) is 4.26. The lowest BCUT2D eigenvalue weighted by Gasteiger charge is -2.17. The number of hydrogen-bond acceptors (Lipinski definition) is 1. The van der Waals surface area contributed by atoms with Crippen molar-refractivity contribution in [1.82, 2.24) is 0 Å². The lowest BCUT2D eigenvalue weighted by atomic mass is 10.2. The Morgan fingerprint density at radius 3 is 1.14 bits per heavy atom. The van der Waals surface area contributed by atoms with Gasteiger partial charge in [-0.3, -0.25) is 0 Å². The van der Waals surface area contributed by atoms with Gasteiger partial charge >= 0.3 is 12.4 Å². The molecular formula is C10H12F10O. The highest BCUT2D eigenvalue weighted by atomic mass is 19.4. The highest BCUT2D eigenvalue weighted by molar-refractivity contribution is 4.76. The van der Waals surface area contributed by atoms with E-state index in [0.717, 1.165) is 0 Å². The van der Waals surface area contributed by atoms with Crippen LogP contribution in [0.4, 0.5) is 43.9 Å². The van der Waals surface area contributed by atoms with Gasteiger partial charge in [-0.25, -0.2) is 17.6 Å². The van der Waals surface area contributed by atoms with Crippen molar-refractivity contribution in [2.24, 2.45) is 0 Å². The Balaban J connectivity index is 3.88. The number of alkyl halides is 10. The van der Waals surface area contributed by atoms with Gasteiger partial charge in [0, 0.05) is 26.1 Å². The third-order valence-corrected chi connectivity index (χ3v) is 2.34. The second-order valence-corrected chi connectivity index (χ2v) is 4.11. The molecule has 0 aliphatic rings. The molecule has 0 spiro atoms. The van der Waals surface area contributed by atoms with Gasteiger partial charge in [0.05, 0.1) is 0 Å². The number of rotatable bonds is 8. The maximum absolute atomic E-state index is 12.7. The molecule has 0 aromatic heterocycles. The minimum absolute atomic E-state index is 0.770. The summed E-state index contributed by atoms with van der Waals surface area (Å²) in [6, 6.07) is 0. The standard InChI is InChI=1S/C10H12F10O/c11-5(7(13)9(15,16)17)1-3-21-4-2-6(12)8(14)10(18,19)20/h5-8H,1-4H2. The van der Waals surface area contributed by atoms with Gasteiger partial charge in [0.25, 0.3) is 0 Å². The molecular weight excluding hydrogens is 326 g/mol. The molecule has 128 valence electrons. The SMILES string of the molecule is FC(CCOCCC(F)C(F)C(F)(F)F)C(F)C(F)(F)F. The molecule has 0 fully saturated rings. The van der Waals surface area contributed by atoms with Gasteiger partial charge in [-0.15, -0.1) is 0 Å². The van der Waals surface area contributed by atoms with Crippen molar-refractivity contribution < 1.29 is 48.6 Å². The van der Waals surface area contributed by atoms with Gasteiger partial charge < -0.3 is 4.74 Å². The van der Waals surface area contributed by atoms with Crippen molar-refractivity contribution in [3.63, 3.8) is 0 Å². The lowest BCUT2D eigenvalue weighted by molar-refractivity contribution is -0.198. The lowest BCUT2D eigenvalue weighted by Crippen LogP contribution is -2.35. The fourth-order valence-electron chi connectivity index (χ4n) is 1.20. The molecule has 0 aromatic carbocycles. The predicted molar refractivity (Wildman–Crippen MR) is 51.7 cm³/mol. The molecule has 0 heterocycles. The number of halogens is 10. The molecule has 0 radical (unpaired) electrons. The van der Waals surface area contributed by atoms with E-state index in [1.54, 1.807) is 0 Å². The molecule has 11 heteroatoms. The minimum Gasteiger partial charge on any atom is -0.381 e. The molecule has 0 saturated heterocycles. The molecule has 0 amide bonds. The van der Waals surface area contributed by atoms with Crippen LogP contribution in [0.2, 0.25) is 0 Å². The summed E-state index contributed by atoms with van der Waals surface area (Å²) >= 11 is 0. The highest BCUT2D eigenvalue weighted by Crippen LogP contribution is 2.29. The molecule has 0 rings (SSSR count). The van der Waals surface area contributed by atoms with E-state index in [1.165, 1.54) is 0 Å². The van der Waals surface area contributed by atoms with E-state index in [9.17, 15) is 43.9 Å². The van der Waals surface area contributed by atoms with Gasteiger partial charge in [-0.2, -0.15) is 26.3 Å². The van der Waals surface area contributed by atoms with Crippen molar-refractivity contribution in [1.29, 1.82) is 0 Å². The first-order valence-corrected chi connectivity index (χ1v) is 5.64. The Kier molecular flexibility index (Phi) is 7.76. The van der Waals surface area contributed by atoms with Gasteiger partial charge in [0.2, 0.25) is 12.3 Å². The van der Waals surface area contributed by atoms with Crippen molar-refractivity contribution in [2.45, 2.75) is 49.9 Å². The number of hydrogen-bond donors (Lipinski definition) is 0. The zero-order chi connectivity index (χ0) is 16.8. The molecule has 0 saturated carbocycles. The van der Waals surface area contributed by atoms with E-state index < -0.39 is 63.1 Å². The topological polar surface area (TPSA) is 9.23 Å².